The van der Waals surface area contributed by atoms with Gasteiger partial charge in [0.1, 0.15) is 5.75 Å². The largest absolute Gasteiger partial charge is 0.506 e. The molecule has 0 aliphatic heterocycles. The summed E-state index contributed by atoms with van der Waals surface area (Å²) in [5.41, 5.74) is 1.82. The maximum absolute atomic E-state index is 12.7. The molecule has 2 amide bonds. The van der Waals surface area contributed by atoms with Gasteiger partial charge in [-0.2, -0.15) is 0 Å². The van der Waals surface area contributed by atoms with Crippen LogP contribution in [0.1, 0.15) is 126 Å². The van der Waals surface area contributed by atoms with Gasteiger partial charge in [-0.15, -0.1) is 0 Å². The zero-order valence-electron chi connectivity index (χ0n) is 28.9. The summed E-state index contributed by atoms with van der Waals surface area (Å²) in [6, 6.07) is 18.1. The number of carboxylic acids is 1. The molecule has 0 aromatic heterocycles. The lowest BCUT2D eigenvalue weighted by atomic mass is 9.96. The van der Waals surface area contributed by atoms with Crippen LogP contribution in [-0.2, 0) is 16.0 Å². The van der Waals surface area contributed by atoms with Crippen LogP contribution in [-0.4, -0.2) is 34.5 Å². The lowest BCUT2D eigenvalue weighted by Crippen LogP contribution is -2.25. The first-order valence-corrected chi connectivity index (χ1v) is 18.1. The molecule has 0 saturated carbocycles. The van der Waals surface area contributed by atoms with Crippen molar-refractivity contribution in [3.63, 3.8) is 0 Å². The number of hydrogen-bond acceptors (Lipinski definition) is 4. The summed E-state index contributed by atoms with van der Waals surface area (Å²) in [5.74, 6) is -2.27. The van der Waals surface area contributed by atoms with Gasteiger partial charge >= 0.3 is 5.97 Å². The lowest BCUT2D eigenvalue weighted by Gasteiger charge is -2.13. The van der Waals surface area contributed by atoms with Gasteiger partial charge in [-0.3, -0.25) is 14.4 Å². The Morgan fingerprint density at radius 1 is 0.750 bits per heavy atom. The number of hydrogen-bond donors (Lipinski definition) is 4. The molecule has 0 spiro atoms. The van der Waals surface area contributed by atoms with Gasteiger partial charge in [-0.25, -0.2) is 0 Å². The third kappa shape index (κ3) is 14.3. The number of amides is 2. The molecule has 1 atom stereocenters. The van der Waals surface area contributed by atoms with Crippen molar-refractivity contribution < 1.29 is 24.6 Å². The number of unbranched alkanes of at least 4 members (excludes halogenated alkanes) is 12. The molecular weight excluding hydrogens is 600 g/mol. The predicted molar refractivity (Wildman–Crippen MR) is 197 cm³/mol. The topological polar surface area (TPSA) is 116 Å². The monoisotopic (exact) mass is 656 g/mol. The summed E-state index contributed by atoms with van der Waals surface area (Å²) in [5, 5.41) is 27.4. The Kier molecular flexibility index (Phi) is 17.9. The third-order valence-corrected chi connectivity index (χ3v) is 8.91. The van der Waals surface area contributed by atoms with Gasteiger partial charge in [-0.05, 0) is 61.3 Å². The minimum absolute atomic E-state index is 0.0282. The maximum Gasteiger partial charge on any atom is 0.307 e. The SMILES string of the molecule is CCC/C=C/CCCCCCCCCCCCCC(CC(=O)Nc1ccc(CCNC(=O)c2ccc3ccccc3c2O)cc1)C(=O)O. The number of allylic oxidation sites excluding steroid dienone is 2. The number of phenolic OH excluding ortho intramolecular Hbond substituents is 1. The zero-order valence-corrected chi connectivity index (χ0v) is 28.9. The number of nitrogens with one attached hydrogen (secondary N) is 2. The molecular formula is C41H56N2O5. The Hall–Kier alpha value is -4.13. The number of rotatable bonds is 24. The summed E-state index contributed by atoms with van der Waals surface area (Å²) < 4.78 is 0. The average Bonchev–Trinajstić information content (AvgIpc) is 3.08. The standard InChI is InChI=1S/C41H56N2O5/c1-2-3-4-5-6-7-8-9-10-11-12-13-14-15-16-17-21-34(41(47)48)31-38(44)43-35-26-23-32(24-27-35)29-30-42-40(46)37-28-25-33-20-18-19-22-36(33)39(37)45/h4-5,18-20,22-28,34,45H,2-3,6-17,21,29-31H2,1H3,(H,42,46)(H,43,44)(H,47,48)/b5-4+. The third-order valence-electron chi connectivity index (χ3n) is 8.91. The number of benzene rings is 3. The van der Waals surface area contributed by atoms with Gasteiger partial charge in [0.25, 0.3) is 5.91 Å². The van der Waals surface area contributed by atoms with E-state index in [0.29, 0.717) is 30.5 Å². The quantitative estimate of drug-likeness (QED) is 0.0566. The number of aromatic hydroxyl groups is 1. The van der Waals surface area contributed by atoms with Crippen LogP contribution >= 0.6 is 0 Å². The number of fused-ring (bicyclic) bond motifs is 1. The number of carboxylic acid groups (broad SMARTS) is 1. The summed E-state index contributed by atoms with van der Waals surface area (Å²) in [6.45, 7) is 2.60. The molecule has 0 saturated heterocycles. The van der Waals surface area contributed by atoms with Gasteiger partial charge in [0.05, 0.1) is 11.5 Å². The van der Waals surface area contributed by atoms with Crippen LogP contribution in [0, 0.1) is 5.92 Å². The van der Waals surface area contributed by atoms with Crippen LogP contribution in [0.5, 0.6) is 5.75 Å². The molecule has 3 rings (SSSR count). The molecule has 0 aliphatic carbocycles. The molecule has 7 heteroatoms. The van der Waals surface area contributed by atoms with Gasteiger partial charge < -0.3 is 20.8 Å². The molecule has 0 aliphatic rings. The first-order chi connectivity index (χ1) is 23.4. The van der Waals surface area contributed by atoms with E-state index >= 15 is 0 Å². The minimum Gasteiger partial charge on any atom is -0.506 e. The lowest BCUT2D eigenvalue weighted by molar-refractivity contribution is -0.143. The Labute approximate surface area is 287 Å². The number of carbonyl (C=O) groups is 3. The van der Waals surface area contributed by atoms with E-state index in [1.165, 1.54) is 70.6 Å². The molecule has 4 N–H and O–H groups in total. The van der Waals surface area contributed by atoms with Crippen LogP contribution in [0.3, 0.4) is 0 Å². The molecule has 260 valence electrons. The second-order valence-electron chi connectivity index (χ2n) is 12.9. The van der Waals surface area contributed by atoms with Crippen LogP contribution in [0.25, 0.3) is 10.8 Å². The van der Waals surface area contributed by atoms with E-state index in [4.69, 9.17) is 0 Å². The Balaban J connectivity index is 1.25. The fraction of sp³-hybridized carbons (Fsp3) is 0.488. The fourth-order valence-corrected chi connectivity index (χ4v) is 6.00. The highest BCUT2D eigenvalue weighted by molar-refractivity contribution is 6.03. The molecule has 0 fully saturated rings. The molecule has 0 heterocycles. The van der Waals surface area contributed by atoms with E-state index in [9.17, 15) is 24.6 Å². The highest BCUT2D eigenvalue weighted by Gasteiger charge is 2.21. The van der Waals surface area contributed by atoms with Crippen LogP contribution in [0.2, 0.25) is 0 Å². The number of carbonyl (C=O) groups excluding carboxylic acids is 2. The van der Waals surface area contributed by atoms with Gasteiger partial charge in [0, 0.05) is 24.0 Å². The maximum atomic E-state index is 12.7. The Morgan fingerprint density at radius 2 is 1.38 bits per heavy atom. The summed E-state index contributed by atoms with van der Waals surface area (Å²) in [4.78, 5) is 37.1. The fourth-order valence-electron chi connectivity index (χ4n) is 6.00. The van der Waals surface area contributed by atoms with Crippen molar-refractivity contribution >= 4 is 34.2 Å². The van der Waals surface area contributed by atoms with E-state index < -0.39 is 11.9 Å². The molecule has 1 unspecified atom stereocenters. The average molecular weight is 657 g/mol. The number of phenols is 1. The second kappa shape index (κ2) is 22.4. The van der Waals surface area contributed by atoms with E-state index in [1.807, 2.05) is 36.4 Å². The van der Waals surface area contributed by atoms with Crippen LogP contribution < -0.4 is 10.6 Å². The molecule has 0 radical (unpaired) electrons. The summed E-state index contributed by atoms with van der Waals surface area (Å²) >= 11 is 0. The van der Waals surface area contributed by atoms with Crippen LogP contribution in [0.15, 0.2) is 72.8 Å². The number of aliphatic carboxylic acids is 1. The van der Waals surface area contributed by atoms with Gasteiger partial charge in [0.2, 0.25) is 5.91 Å². The van der Waals surface area contributed by atoms with Gasteiger partial charge in [0.15, 0.2) is 0 Å². The first kappa shape index (κ1) is 38.3. The highest BCUT2D eigenvalue weighted by atomic mass is 16.4. The molecule has 0 bridgehead atoms. The first-order valence-electron chi connectivity index (χ1n) is 18.1. The molecule has 3 aromatic carbocycles. The highest BCUT2D eigenvalue weighted by Crippen LogP contribution is 2.28. The molecule has 3 aromatic rings. The normalized spacial score (nSPS) is 11.9. The minimum atomic E-state index is -0.920. The van der Waals surface area contributed by atoms with Gasteiger partial charge in [-0.1, -0.05) is 132 Å². The second-order valence-corrected chi connectivity index (χ2v) is 12.9. The van der Waals surface area contributed by atoms with Crippen molar-refractivity contribution in [1.82, 2.24) is 5.32 Å². The molecule has 48 heavy (non-hydrogen) atoms. The number of anilines is 1. The van der Waals surface area contributed by atoms with Crippen molar-refractivity contribution in [1.29, 1.82) is 0 Å². The van der Waals surface area contributed by atoms with Crippen molar-refractivity contribution in [2.75, 3.05) is 11.9 Å². The Bertz CT molecular complexity index is 1430. The van der Waals surface area contributed by atoms with E-state index in [0.717, 1.165) is 30.2 Å². The Morgan fingerprint density at radius 3 is 2.04 bits per heavy atom. The van der Waals surface area contributed by atoms with Crippen molar-refractivity contribution in [2.45, 2.75) is 116 Å². The van der Waals surface area contributed by atoms with E-state index in [2.05, 4.69) is 29.7 Å². The smallest absolute Gasteiger partial charge is 0.307 e. The van der Waals surface area contributed by atoms with E-state index in [1.54, 1.807) is 24.3 Å². The summed E-state index contributed by atoms with van der Waals surface area (Å²) in [6.07, 6.45) is 22.6. The van der Waals surface area contributed by atoms with Crippen molar-refractivity contribution in [3.8, 4) is 5.75 Å². The van der Waals surface area contributed by atoms with E-state index in [-0.39, 0.29) is 29.5 Å². The van der Waals surface area contributed by atoms with Crippen molar-refractivity contribution in [3.05, 3.63) is 83.9 Å². The van der Waals surface area contributed by atoms with Crippen molar-refractivity contribution in [2.24, 2.45) is 5.92 Å². The summed E-state index contributed by atoms with van der Waals surface area (Å²) in [7, 11) is 0. The van der Waals surface area contributed by atoms with Crippen LogP contribution in [0.4, 0.5) is 5.69 Å². The molecule has 7 nitrogen and oxygen atoms in total. The zero-order chi connectivity index (χ0) is 34.4. The predicted octanol–water partition coefficient (Wildman–Crippen LogP) is 9.97.